The molecule has 168 valence electrons. The van der Waals surface area contributed by atoms with Crippen LogP contribution in [0.5, 0.6) is 6.01 Å². The largest absolute Gasteiger partial charge is 0.481 e. The van der Waals surface area contributed by atoms with Crippen LogP contribution in [0.2, 0.25) is 0 Å². The zero-order valence-electron chi connectivity index (χ0n) is 18.6. The van der Waals surface area contributed by atoms with E-state index in [-0.39, 0.29) is 24.4 Å². The third kappa shape index (κ3) is 5.44. The van der Waals surface area contributed by atoms with Gasteiger partial charge in [0.05, 0.1) is 54.6 Å². The number of rotatable bonds is 9. The topological polar surface area (TPSA) is 108 Å². The predicted octanol–water partition coefficient (Wildman–Crippen LogP) is 3.94. The van der Waals surface area contributed by atoms with Crippen molar-refractivity contribution in [1.29, 1.82) is 0 Å². The van der Waals surface area contributed by atoms with E-state index in [1.807, 2.05) is 39.0 Å². The minimum atomic E-state index is -0.842. The Balaban J connectivity index is 2.01. The van der Waals surface area contributed by atoms with Gasteiger partial charge in [0.25, 0.3) is 0 Å². The molecule has 1 fully saturated rings. The molecule has 2 atom stereocenters. The van der Waals surface area contributed by atoms with Crippen molar-refractivity contribution in [1.82, 2.24) is 9.97 Å². The van der Waals surface area contributed by atoms with E-state index in [1.165, 1.54) is 7.11 Å². The normalized spacial score (nSPS) is 17.5. The number of methoxy groups -OCH3 is 1. The average molecular weight is 429 g/mol. The van der Waals surface area contributed by atoms with E-state index < -0.39 is 11.6 Å². The van der Waals surface area contributed by atoms with Gasteiger partial charge in [-0.05, 0) is 56.7 Å². The molecule has 1 unspecified atom stereocenters. The number of aliphatic hydroxyl groups is 1. The quantitative estimate of drug-likeness (QED) is 0.551. The Hall–Kier alpha value is -2.87. The molecule has 2 heterocycles. The molecule has 0 saturated carbocycles. The fraction of sp³-hybridized carbons (Fsp3) is 0.522. The summed E-state index contributed by atoms with van der Waals surface area (Å²) in [6, 6.07) is 6.32. The zero-order chi connectivity index (χ0) is 22.6. The Kier molecular flexibility index (Phi) is 7.00. The van der Waals surface area contributed by atoms with Crippen molar-refractivity contribution in [2.24, 2.45) is 0 Å². The van der Waals surface area contributed by atoms with Gasteiger partial charge in [0.2, 0.25) is 0 Å². The fourth-order valence-corrected chi connectivity index (χ4v) is 4.30. The first-order chi connectivity index (χ1) is 14.7. The highest BCUT2D eigenvalue weighted by Crippen LogP contribution is 2.39. The van der Waals surface area contributed by atoms with E-state index in [2.05, 4.69) is 20.2 Å². The second-order valence-corrected chi connectivity index (χ2v) is 8.57. The van der Waals surface area contributed by atoms with Crippen LogP contribution >= 0.6 is 0 Å². The van der Waals surface area contributed by atoms with E-state index in [0.717, 1.165) is 42.7 Å². The first-order valence-electron chi connectivity index (χ1n) is 10.7. The van der Waals surface area contributed by atoms with Gasteiger partial charge < -0.3 is 25.2 Å². The molecule has 8 heteroatoms. The summed E-state index contributed by atoms with van der Waals surface area (Å²) < 4.78 is 5.04. The van der Waals surface area contributed by atoms with Gasteiger partial charge in [-0.25, -0.2) is 9.97 Å². The highest BCUT2D eigenvalue weighted by Gasteiger charge is 2.37. The number of carboxylic acids is 1. The van der Waals surface area contributed by atoms with Gasteiger partial charge >= 0.3 is 12.0 Å². The van der Waals surface area contributed by atoms with Crippen molar-refractivity contribution in [3.8, 4) is 6.01 Å². The molecule has 0 spiro atoms. The van der Waals surface area contributed by atoms with Crippen LogP contribution in [-0.4, -0.2) is 51.4 Å². The number of hydrogen-bond acceptors (Lipinski definition) is 7. The molecule has 8 nitrogen and oxygen atoms in total. The van der Waals surface area contributed by atoms with Crippen LogP contribution in [0.15, 0.2) is 30.6 Å². The molecule has 0 amide bonds. The number of ether oxygens (including phenoxy) is 1. The highest BCUT2D eigenvalue weighted by molar-refractivity contribution is 5.77. The van der Waals surface area contributed by atoms with Crippen molar-refractivity contribution in [2.45, 2.75) is 64.0 Å². The Labute approximate surface area is 183 Å². The molecule has 1 aromatic carbocycles. The van der Waals surface area contributed by atoms with Gasteiger partial charge in [0, 0.05) is 6.54 Å². The molecule has 0 bridgehead atoms. The molecule has 31 heavy (non-hydrogen) atoms. The van der Waals surface area contributed by atoms with Gasteiger partial charge in [-0.1, -0.05) is 13.0 Å². The van der Waals surface area contributed by atoms with Crippen LogP contribution < -0.4 is 15.0 Å². The lowest BCUT2D eigenvalue weighted by Gasteiger charge is -2.36. The summed E-state index contributed by atoms with van der Waals surface area (Å²) in [5, 5.41) is 23.4. The molecule has 1 aliphatic heterocycles. The van der Waals surface area contributed by atoms with Crippen molar-refractivity contribution in [3.63, 3.8) is 0 Å². The maximum atomic E-state index is 11.3. The molecule has 1 saturated heterocycles. The number of anilines is 3. The highest BCUT2D eigenvalue weighted by atomic mass is 16.5. The summed E-state index contributed by atoms with van der Waals surface area (Å²) in [5.74, 6) is -0.890. The van der Waals surface area contributed by atoms with Crippen LogP contribution in [0.3, 0.4) is 0 Å². The lowest BCUT2D eigenvalue weighted by Crippen LogP contribution is -2.46. The minimum absolute atomic E-state index is 0.00740. The summed E-state index contributed by atoms with van der Waals surface area (Å²) in [5.41, 5.74) is 2.62. The number of aromatic nitrogens is 2. The smallest absolute Gasteiger partial charge is 0.316 e. The number of nitrogens with one attached hydrogen (secondary N) is 1. The molecule has 3 N–H and O–H groups in total. The SMILES string of the molecule is CCC(CC(=O)O)c1ccc(N2CCC[C@H]2C(C)(C)O)c(Nc2cnc(OC)nc2)c1. The summed E-state index contributed by atoms with van der Waals surface area (Å²) in [4.78, 5) is 21.9. The monoisotopic (exact) mass is 428 g/mol. The Bertz CT molecular complexity index is 895. The van der Waals surface area contributed by atoms with Gasteiger partial charge in [-0.15, -0.1) is 0 Å². The number of nitrogens with zero attached hydrogens (tertiary/aromatic N) is 3. The van der Waals surface area contributed by atoms with E-state index in [1.54, 1.807) is 12.4 Å². The van der Waals surface area contributed by atoms with Gasteiger partial charge in [-0.3, -0.25) is 4.79 Å². The number of hydrogen-bond donors (Lipinski definition) is 3. The molecule has 2 aromatic rings. The van der Waals surface area contributed by atoms with Crippen LogP contribution in [0, 0.1) is 0 Å². The first kappa shape index (κ1) is 22.8. The van der Waals surface area contributed by atoms with Gasteiger partial charge in [-0.2, -0.15) is 0 Å². The molecule has 1 aliphatic rings. The second-order valence-electron chi connectivity index (χ2n) is 8.57. The van der Waals surface area contributed by atoms with Crippen molar-refractivity contribution in [2.75, 3.05) is 23.9 Å². The lowest BCUT2D eigenvalue weighted by atomic mass is 9.92. The maximum Gasteiger partial charge on any atom is 0.316 e. The Morgan fingerprint density at radius 1 is 1.35 bits per heavy atom. The standard InChI is InChI=1S/C23H32N4O4/c1-5-15(12-21(28)29)16-8-9-19(27-10-6-7-20(27)23(2,3)30)18(11-16)26-17-13-24-22(31-4)25-14-17/h8-9,11,13-15,20,26,30H,5-7,10,12H2,1-4H3,(H,28,29)/t15?,20-/m0/s1. The minimum Gasteiger partial charge on any atom is -0.481 e. The molecule has 1 aromatic heterocycles. The van der Waals surface area contributed by atoms with E-state index in [0.29, 0.717) is 5.69 Å². The van der Waals surface area contributed by atoms with Crippen LogP contribution in [-0.2, 0) is 4.79 Å². The second kappa shape index (κ2) is 9.51. The Morgan fingerprint density at radius 2 is 2.06 bits per heavy atom. The summed E-state index contributed by atoms with van der Waals surface area (Å²) in [6.45, 7) is 6.52. The third-order valence-corrected chi connectivity index (χ3v) is 5.87. The average Bonchev–Trinajstić information content (AvgIpc) is 3.23. The molecular weight excluding hydrogens is 396 g/mol. The predicted molar refractivity (Wildman–Crippen MR) is 120 cm³/mol. The summed E-state index contributed by atoms with van der Waals surface area (Å²) in [6.07, 6.45) is 6.01. The van der Waals surface area contributed by atoms with Crippen LogP contribution in [0.4, 0.5) is 17.1 Å². The molecular formula is C23H32N4O4. The van der Waals surface area contributed by atoms with Crippen LogP contribution in [0.1, 0.15) is 57.9 Å². The number of benzene rings is 1. The van der Waals surface area contributed by atoms with Crippen LogP contribution in [0.25, 0.3) is 0 Å². The lowest BCUT2D eigenvalue weighted by molar-refractivity contribution is -0.137. The third-order valence-electron chi connectivity index (χ3n) is 5.87. The van der Waals surface area contributed by atoms with Crippen molar-refractivity contribution in [3.05, 3.63) is 36.2 Å². The van der Waals surface area contributed by atoms with Gasteiger partial charge in [0.1, 0.15) is 0 Å². The Morgan fingerprint density at radius 3 is 2.65 bits per heavy atom. The van der Waals surface area contributed by atoms with Crippen molar-refractivity contribution < 1.29 is 19.7 Å². The van der Waals surface area contributed by atoms with E-state index in [9.17, 15) is 15.0 Å². The zero-order valence-corrected chi connectivity index (χ0v) is 18.6. The van der Waals surface area contributed by atoms with E-state index >= 15 is 0 Å². The first-order valence-corrected chi connectivity index (χ1v) is 10.7. The fourth-order valence-electron chi connectivity index (χ4n) is 4.30. The van der Waals surface area contributed by atoms with Crippen molar-refractivity contribution >= 4 is 23.0 Å². The summed E-state index contributed by atoms with van der Waals surface area (Å²) in [7, 11) is 1.52. The number of carboxylic acid groups (broad SMARTS) is 1. The van der Waals surface area contributed by atoms with Gasteiger partial charge in [0.15, 0.2) is 0 Å². The maximum absolute atomic E-state index is 11.3. The number of aliphatic carboxylic acids is 1. The number of carbonyl (C=O) groups is 1. The molecule has 3 rings (SSSR count). The molecule has 0 aliphatic carbocycles. The molecule has 0 radical (unpaired) electrons. The summed E-state index contributed by atoms with van der Waals surface area (Å²) >= 11 is 0. The van der Waals surface area contributed by atoms with E-state index in [4.69, 9.17) is 4.74 Å².